The molecule has 0 aliphatic carbocycles. The van der Waals surface area contributed by atoms with Crippen molar-refractivity contribution in [2.45, 2.75) is 0 Å². The second-order valence-electron chi connectivity index (χ2n) is 15.0. The predicted molar refractivity (Wildman–Crippen MR) is 250 cm³/mol. The Balaban J connectivity index is 1.15. The molecule has 2 heteroatoms. The summed E-state index contributed by atoms with van der Waals surface area (Å²) in [4.78, 5) is 0. The minimum atomic E-state index is 1.14. The molecule has 0 nitrogen and oxygen atoms in total. The van der Waals surface area contributed by atoms with Crippen LogP contribution in [0.1, 0.15) is 0 Å². The van der Waals surface area contributed by atoms with Gasteiger partial charge < -0.3 is 0 Å². The fourth-order valence-electron chi connectivity index (χ4n) is 9.58. The molecule has 0 radical (unpaired) electrons. The lowest BCUT2D eigenvalue weighted by molar-refractivity contribution is 1.70. The number of hydrogen-bond acceptors (Lipinski definition) is 0. The summed E-state index contributed by atoms with van der Waals surface area (Å²) in [5.74, 6) is 0. The van der Waals surface area contributed by atoms with Gasteiger partial charge in [-0.15, -0.1) is 0 Å². The van der Waals surface area contributed by atoms with Crippen molar-refractivity contribution in [3.63, 3.8) is 0 Å². The van der Waals surface area contributed by atoms with Crippen molar-refractivity contribution in [1.29, 1.82) is 0 Å². The third kappa shape index (κ3) is 4.58. The molecule has 0 aliphatic heterocycles. The molecule has 56 heavy (non-hydrogen) atoms. The zero-order valence-corrected chi connectivity index (χ0v) is 33.2. The lowest BCUT2D eigenvalue weighted by Crippen LogP contribution is -1.91. The quantitative estimate of drug-likeness (QED) is 0.120. The minimum absolute atomic E-state index is 1.14. The van der Waals surface area contributed by atoms with Crippen molar-refractivity contribution in [1.82, 2.24) is 0 Å². The number of halogens is 2. The molecule has 12 rings (SSSR count). The van der Waals surface area contributed by atoms with Crippen molar-refractivity contribution in [3.8, 4) is 22.3 Å². The molecule has 0 aromatic heterocycles. The van der Waals surface area contributed by atoms with Crippen LogP contribution in [0, 0.1) is 0 Å². The van der Waals surface area contributed by atoms with Crippen LogP contribution in [0.4, 0.5) is 0 Å². The van der Waals surface area contributed by atoms with Crippen molar-refractivity contribution < 1.29 is 0 Å². The number of benzene rings is 12. The van der Waals surface area contributed by atoms with E-state index in [-0.39, 0.29) is 0 Å². The molecule has 0 saturated carbocycles. The van der Waals surface area contributed by atoms with Gasteiger partial charge in [-0.2, -0.15) is 0 Å². The molecule has 0 atom stereocenters. The maximum absolute atomic E-state index is 4.05. The largest absolute Gasteiger partial charge is 0.0616 e. The summed E-state index contributed by atoms with van der Waals surface area (Å²) in [6.45, 7) is 0. The van der Waals surface area contributed by atoms with Crippen LogP contribution in [-0.4, -0.2) is 0 Å². The van der Waals surface area contributed by atoms with Crippen molar-refractivity contribution in [3.05, 3.63) is 191 Å². The molecule has 0 saturated heterocycles. The Hall–Kier alpha value is -6.06. The molecule has 0 heterocycles. The van der Waals surface area contributed by atoms with E-state index in [0.717, 1.165) is 8.95 Å². The van der Waals surface area contributed by atoms with E-state index in [1.165, 1.54) is 119 Å². The van der Waals surface area contributed by atoms with Crippen LogP contribution in [-0.2, 0) is 0 Å². The summed E-state index contributed by atoms with van der Waals surface area (Å²) in [5.41, 5.74) is 5.02. The predicted octanol–water partition coefficient (Wildman–Crippen LogP) is 16.9. The van der Waals surface area contributed by atoms with Crippen LogP contribution >= 0.6 is 31.9 Å². The average Bonchev–Trinajstić information content (AvgIpc) is 3.25. The van der Waals surface area contributed by atoms with Gasteiger partial charge in [0, 0.05) is 8.95 Å². The Morgan fingerprint density at radius 2 is 0.607 bits per heavy atom. The highest BCUT2D eigenvalue weighted by molar-refractivity contribution is 9.11. The lowest BCUT2D eigenvalue weighted by Gasteiger charge is -2.18. The lowest BCUT2D eigenvalue weighted by atomic mass is 9.85. The van der Waals surface area contributed by atoms with E-state index in [2.05, 4.69) is 214 Å². The van der Waals surface area contributed by atoms with Crippen LogP contribution in [0.3, 0.4) is 0 Å². The maximum atomic E-state index is 4.05. The monoisotopic (exact) mass is 836 g/mol. The van der Waals surface area contributed by atoms with Gasteiger partial charge in [0.05, 0.1) is 0 Å². The van der Waals surface area contributed by atoms with Crippen LogP contribution in [0.25, 0.3) is 119 Å². The van der Waals surface area contributed by atoms with E-state index in [4.69, 9.17) is 0 Å². The number of rotatable bonds is 2. The van der Waals surface area contributed by atoms with Crippen molar-refractivity contribution in [2.75, 3.05) is 0 Å². The molecule has 12 aromatic carbocycles. The Bertz CT molecular complexity index is 3670. The highest BCUT2D eigenvalue weighted by Gasteiger charge is 2.19. The second kappa shape index (κ2) is 12.2. The van der Waals surface area contributed by atoms with E-state index in [9.17, 15) is 0 Å². The number of fused-ring (bicyclic) bond motifs is 12. The normalized spacial score (nSPS) is 12.1. The molecule has 0 unspecified atom stereocenters. The summed E-state index contributed by atoms with van der Waals surface area (Å²) in [5, 5.41) is 22.5. The van der Waals surface area contributed by atoms with E-state index in [1.54, 1.807) is 0 Å². The molecule has 0 fully saturated rings. The summed E-state index contributed by atoms with van der Waals surface area (Å²) in [6, 6.07) is 67.6. The van der Waals surface area contributed by atoms with E-state index >= 15 is 0 Å². The average molecular weight is 839 g/mol. The molecule has 0 N–H and O–H groups in total. The highest BCUT2D eigenvalue weighted by atomic mass is 79.9. The van der Waals surface area contributed by atoms with E-state index < -0.39 is 0 Å². The minimum Gasteiger partial charge on any atom is -0.0616 e. The molecular formula is C54H30Br2. The molecule has 0 bridgehead atoms. The smallest absolute Gasteiger partial charge is 0.0332 e. The van der Waals surface area contributed by atoms with Crippen LogP contribution in [0.2, 0.25) is 0 Å². The standard InChI is InChI=1S/C54H30Br2/c55-53-35-15-5-2-12-32(35)28-48-41-21-10-22-44(43(41)24-26-46(48)53)52-34-14-4-1-11-31(34)27-47-39-19-9-20-40(42(39)23-25-45(47)52)50-30-51-49(37-17-7-8-18-38(37)50)29-33-13-3-6-16-36(33)54(51)56/h1-30H. The summed E-state index contributed by atoms with van der Waals surface area (Å²) in [6.07, 6.45) is 0. The van der Waals surface area contributed by atoms with Gasteiger partial charge in [-0.3, -0.25) is 0 Å². The van der Waals surface area contributed by atoms with Gasteiger partial charge >= 0.3 is 0 Å². The molecular weight excluding hydrogens is 808 g/mol. The van der Waals surface area contributed by atoms with Gasteiger partial charge in [0.1, 0.15) is 0 Å². The maximum Gasteiger partial charge on any atom is 0.0332 e. The molecule has 0 spiro atoms. The Morgan fingerprint density at radius 1 is 0.214 bits per heavy atom. The summed E-state index contributed by atoms with van der Waals surface area (Å²) in [7, 11) is 0. The third-order valence-electron chi connectivity index (χ3n) is 12.1. The fraction of sp³-hybridized carbons (Fsp3) is 0. The van der Waals surface area contributed by atoms with E-state index in [0.29, 0.717) is 0 Å². The third-order valence-corrected chi connectivity index (χ3v) is 13.8. The van der Waals surface area contributed by atoms with Gasteiger partial charge in [-0.1, -0.05) is 158 Å². The van der Waals surface area contributed by atoms with Gasteiger partial charge in [0.2, 0.25) is 0 Å². The first-order valence-electron chi connectivity index (χ1n) is 19.1. The van der Waals surface area contributed by atoms with Crippen LogP contribution in [0.15, 0.2) is 191 Å². The van der Waals surface area contributed by atoms with Crippen molar-refractivity contribution in [2.24, 2.45) is 0 Å². The van der Waals surface area contributed by atoms with Crippen molar-refractivity contribution >= 4 is 129 Å². The van der Waals surface area contributed by atoms with Gasteiger partial charge in [0.15, 0.2) is 0 Å². The zero-order chi connectivity index (χ0) is 37.1. The van der Waals surface area contributed by atoms with Gasteiger partial charge in [-0.25, -0.2) is 0 Å². The number of hydrogen-bond donors (Lipinski definition) is 0. The first-order valence-corrected chi connectivity index (χ1v) is 20.6. The Morgan fingerprint density at radius 3 is 1.25 bits per heavy atom. The topological polar surface area (TPSA) is 0 Å². The second-order valence-corrected chi connectivity index (χ2v) is 16.6. The molecule has 260 valence electrons. The fourth-order valence-corrected chi connectivity index (χ4v) is 11.0. The van der Waals surface area contributed by atoms with Gasteiger partial charge in [0.25, 0.3) is 0 Å². The van der Waals surface area contributed by atoms with Crippen LogP contribution in [0.5, 0.6) is 0 Å². The van der Waals surface area contributed by atoms with Crippen LogP contribution < -0.4 is 0 Å². The SMILES string of the molecule is Brc1c2ccccc2cc2c1cc(-c1cccc3c1ccc1c(-c4cccc5c4ccc4c(Br)c6ccccc6cc45)c4ccccc4cc13)c1ccccc12. The Labute approximate surface area is 339 Å². The first kappa shape index (κ1) is 32.2. The summed E-state index contributed by atoms with van der Waals surface area (Å²) < 4.78 is 2.29. The first-order chi connectivity index (χ1) is 27.6. The molecule has 0 aliphatic rings. The zero-order valence-electron chi connectivity index (χ0n) is 30.1. The highest BCUT2D eigenvalue weighted by Crippen LogP contribution is 2.47. The van der Waals surface area contributed by atoms with E-state index in [1.807, 2.05) is 0 Å². The van der Waals surface area contributed by atoms with Gasteiger partial charge in [-0.05, 0) is 175 Å². The molecule has 12 aromatic rings. The Kier molecular flexibility index (Phi) is 7.03. The molecule has 0 amide bonds. The summed E-state index contributed by atoms with van der Waals surface area (Å²) >= 11 is 8.03.